The summed E-state index contributed by atoms with van der Waals surface area (Å²) in [7, 11) is 0. The second kappa shape index (κ2) is 7.42. The first kappa shape index (κ1) is 17.7. The molecule has 0 aromatic heterocycles. The predicted molar refractivity (Wildman–Crippen MR) is 96.2 cm³/mol. The van der Waals surface area contributed by atoms with E-state index >= 15 is 0 Å². The van der Waals surface area contributed by atoms with Gasteiger partial charge in [-0.3, -0.25) is 4.79 Å². The van der Waals surface area contributed by atoms with Crippen LogP contribution < -0.4 is 10.6 Å². The Balaban J connectivity index is 0.00000169. The van der Waals surface area contributed by atoms with Crippen LogP contribution in [0.5, 0.6) is 0 Å². The summed E-state index contributed by atoms with van der Waals surface area (Å²) in [5, 5.41) is 6.72. The van der Waals surface area contributed by atoms with Crippen molar-refractivity contribution in [3.63, 3.8) is 0 Å². The Morgan fingerprint density at radius 1 is 1.25 bits per heavy atom. The van der Waals surface area contributed by atoms with Gasteiger partial charge in [-0.15, -0.1) is 12.4 Å². The monoisotopic (exact) mass is 350 g/mol. The Kier molecular flexibility index (Phi) is 5.48. The number of piperidine rings is 1. The zero-order chi connectivity index (χ0) is 15.7. The van der Waals surface area contributed by atoms with Gasteiger partial charge in [0.05, 0.1) is 12.1 Å². The van der Waals surface area contributed by atoms with Crippen LogP contribution in [0, 0.1) is 11.3 Å². The number of carbonyl (C=O) groups is 1. The maximum atomic E-state index is 12.8. The molecule has 2 heterocycles. The van der Waals surface area contributed by atoms with E-state index in [0.717, 1.165) is 57.4 Å². The second-order valence-corrected chi connectivity index (χ2v) is 7.32. The number of ether oxygens (including phenoxy) is 1. The van der Waals surface area contributed by atoms with Crippen molar-refractivity contribution in [2.24, 2.45) is 11.3 Å². The standard InChI is InChI=1S/C19H26N2O2.ClH/c22-18(15-13-19(15)8-10-20-11-9-19)21-17(16-7-4-12-23-16)14-5-2-1-3-6-14;/h1-3,5-6,15-17,20H,4,7-13H2,(H,21,22);1H. The first-order valence-corrected chi connectivity index (χ1v) is 8.96. The van der Waals surface area contributed by atoms with Crippen LogP contribution in [0.3, 0.4) is 0 Å². The summed E-state index contributed by atoms with van der Waals surface area (Å²) in [6.07, 6.45) is 5.57. The van der Waals surface area contributed by atoms with Crippen LogP contribution in [-0.2, 0) is 9.53 Å². The molecule has 1 spiro atoms. The predicted octanol–water partition coefficient (Wildman–Crippen LogP) is 2.83. The summed E-state index contributed by atoms with van der Waals surface area (Å²) in [6, 6.07) is 10.3. The minimum Gasteiger partial charge on any atom is -0.376 e. The molecule has 3 atom stereocenters. The van der Waals surface area contributed by atoms with Gasteiger partial charge in [0, 0.05) is 12.5 Å². The van der Waals surface area contributed by atoms with Gasteiger partial charge < -0.3 is 15.4 Å². The van der Waals surface area contributed by atoms with Gasteiger partial charge in [0.2, 0.25) is 5.91 Å². The van der Waals surface area contributed by atoms with Crippen LogP contribution in [0.2, 0.25) is 0 Å². The van der Waals surface area contributed by atoms with Crippen molar-refractivity contribution in [1.82, 2.24) is 10.6 Å². The van der Waals surface area contributed by atoms with Gasteiger partial charge in [-0.2, -0.15) is 0 Å². The third kappa shape index (κ3) is 3.46. The first-order chi connectivity index (χ1) is 11.3. The molecule has 2 aliphatic heterocycles. The Bertz CT molecular complexity index is 554. The van der Waals surface area contributed by atoms with Crippen LogP contribution in [0.15, 0.2) is 30.3 Å². The van der Waals surface area contributed by atoms with E-state index in [0.29, 0.717) is 0 Å². The highest BCUT2D eigenvalue weighted by molar-refractivity contribution is 5.85. The lowest BCUT2D eigenvalue weighted by Gasteiger charge is -2.27. The van der Waals surface area contributed by atoms with Crippen LogP contribution >= 0.6 is 12.4 Å². The van der Waals surface area contributed by atoms with Crippen molar-refractivity contribution in [2.45, 2.75) is 44.2 Å². The molecule has 1 aromatic rings. The van der Waals surface area contributed by atoms with Crippen molar-refractivity contribution >= 4 is 18.3 Å². The lowest BCUT2D eigenvalue weighted by Crippen LogP contribution is -2.39. The zero-order valence-corrected chi connectivity index (χ0v) is 14.8. The molecule has 4 nitrogen and oxygen atoms in total. The molecule has 1 aromatic carbocycles. The molecule has 0 radical (unpaired) electrons. The molecule has 1 saturated carbocycles. The minimum absolute atomic E-state index is 0. The van der Waals surface area contributed by atoms with Gasteiger partial charge in [0.25, 0.3) is 0 Å². The second-order valence-electron chi connectivity index (χ2n) is 7.32. The Morgan fingerprint density at radius 2 is 2.00 bits per heavy atom. The molecule has 2 N–H and O–H groups in total. The highest BCUT2D eigenvalue weighted by Crippen LogP contribution is 2.58. The lowest BCUT2D eigenvalue weighted by atomic mass is 9.91. The summed E-state index contributed by atoms with van der Waals surface area (Å²) < 4.78 is 5.88. The van der Waals surface area contributed by atoms with Gasteiger partial charge in [-0.05, 0) is 56.2 Å². The van der Waals surface area contributed by atoms with Crippen molar-refractivity contribution < 1.29 is 9.53 Å². The van der Waals surface area contributed by atoms with E-state index in [9.17, 15) is 4.79 Å². The number of hydrogen-bond donors (Lipinski definition) is 2. The molecule has 2 saturated heterocycles. The number of amides is 1. The zero-order valence-electron chi connectivity index (χ0n) is 14.0. The number of nitrogens with one attached hydrogen (secondary N) is 2. The molecule has 132 valence electrons. The molecule has 5 heteroatoms. The molecule has 1 aliphatic carbocycles. The number of halogens is 1. The summed E-state index contributed by atoms with van der Waals surface area (Å²) in [6.45, 7) is 2.91. The van der Waals surface area contributed by atoms with Crippen LogP contribution in [-0.4, -0.2) is 31.7 Å². The maximum absolute atomic E-state index is 12.8. The topological polar surface area (TPSA) is 50.4 Å². The third-order valence-corrected chi connectivity index (χ3v) is 5.90. The fourth-order valence-electron chi connectivity index (χ4n) is 4.37. The van der Waals surface area contributed by atoms with E-state index in [1.165, 1.54) is 0 Å². The Hall–Kier alpha value is -1.10. The average molecular weight is 351 g/mol. The van der Waals surface area contributed by atoms with Crippen LogP contribution in [0.1, 0.15) is 43.7 Å². The molecule has 24 heavy (non-hydrogen) atoms. The van der Waals surface area contributed by atoms with Crippen molar-refractivity contribution in [2.75, 3.05) is 19.7 Å². The smallest absolute Gasteiger partial charge is 0.224 e. The molecular weight excluding hydrogens is 324 g/mol. The normalized spacial score (nSPS) is 28.8. The van der Waals surface area contributed by atoms with Crippen molar-refractivity contribution in [3.05, 3.63) is 35.9 Å². The highest BCUT2D eigenvalue weighted by atomic mass is 35.5. The fourth-order valence-corrected chi connectivity index (χ4v) is 4.37. The van der Waals surface area contributed by atoms with Gasteiger partial charge in [-0.1, -0.05) is 30.3 Å². The summed E-state index contributed by atoms with van der Waals surface area (Å²) >= 11 is 0. The molecule has 1 amide bonds. The number of carbonyl (C=O) groups excluding carboxylic acids is 1. The lowest BCUT2D eigenvalue weighted by molar-refractivity contribution is -0.125. The largest absolute Gasteiger partial charge is 0.376 e. The number of hydrogen-bond acceptors (Lipinski definition) is 3. The molecule has 4 rings (SSSR count). The minimum atomic E-state index is -0.00874. The molecule has 3 unspecified atom stereocenters. The van der Waals surface area contributed by atoms with Crippen molar-refractivity contribution in [1.29, 1.82) is 0 Å². The van der Waals surface area contributed by atoms with E-state index in [1.54, 1.807) is 0 Å². The van der Waals surface area contributed by atoms with Crippen LogP contribution in [0.25, 0.3) is 0 Å². The Morgan fingerprint density at radius 3 is 2.67 bits per heavy atom. The molecule has 3 aliphatic rings. The number of benzene rings is 1. The molecular formula is C19H27ClN2O2. The first-order valence-electron chi connectivity index (χ1n) is 8.96. The summed E-state index contributed by atoms with van der Waals surface area (Å²) in [5.41, 5.74) is 1.44. The molecule has 0 bridgehead atoms. The summed E-state index contributed by atoms with van der Waals surface area (Å²) in [5.74, 6) is 0.438. The van der Waals surface area contributed by atoms with Crippen molar-refractivity contribution in [3.8, 4) is 0 Å². The number of rotatable bonds is 4. The Labute approximate surface area is 150 Å². The quantitative estimate of drug-likeness (QED) is 0.878. The van der Waals surface area contributed by atoms with E-state index in [-0.39, 0.29) is 41.8 Å². The van der Waals surface area contributed by atoms with Gasteiger partial charge >= 0.3 is 0 Å². The SMILES string of the molecule is Cl.O=C(NC(c1ccccc1)C1CCCO1)C1CC12CCNCC2. The van der Waals surface area contributed by atoms with Gasteiger partial charge in [0.1, 0.15) is 0 Å². The van der Waals surface area contributed by atoms with E-state index in [1.807, 2.05) is 18.2 Å². The van der Waals surface area contributed by atoms with Crippen LogP contribution in [0.4, 0.5) is 0 Å². The van der Waals surface area contributed by atoms with E-state index < -0.39 is 0 Å². The van der Waals surface area contributed by atoms with E-state index in [4.69, 9.17) is 4.74 Å². The highest BCUT2D eigenvalue weighted by Gasteiger charge is 2.57. The summed E-state index contributed by atoms with van der Waals surface area (Å²) in [4.78, 5) is 12.8. The molecule has 3 fully saturated rings. The maximum Gasteiger partial charge on any atom is 0.224 e. The van der Waals surface area contributed by atoms with E-state index in [2.05, 4.69) is 22.8 Å². The average Bonchev–Trinajstić information content (AvgIpc) is 3.04. The van der Waals surface area contributed by atoms with Gasteiger partial charge in [-0.25, -0.2) is 0 Å². The fraction of sp³-hybridized carbons (Fsp3) is 0.632. The third-order valence-electron chi connectivity index (χ3n) is 5.90. The van der Waals surface area contributed by atoms with Gasteiger partial charge in [0.15, 0.2) is 0 Å².